The number of hydrogen-bond acceptors (Lipinski definition) is 3. The van der Waals surface area contributed by atoms with Gasteiger partial charge in [-0.1, -0.05) is 13.3 Å². The van der Waals surface area contributed by atoms with Crippen molar-refractivity contribution in [2.24, 2.45) is 11.8 Å². The highest BCUT2D eigenvalue weighted by atomic mass is 16.6. The molecule has 0 unspecified atom stereocenters. The highest BCUT2D eigenvalue weighted by Crippen LogP contribution is 2.33. The lowest BCUT2D eigenvalue weighted by Crippen LogP contribution is -2.39. The zero-order valence-corrected chi connectivity index (χ0v) is 8.89. The molecule has 1 rings (SSSR count). The van der Waals surface area contributed by atoms with E-state index in [2.05, 4.69) is 0 Å². The molecule has 5 nitrogen and oxygen atoms in total. The summed E-state index contributed by atoms with van der Waals surface area (Å²) < 4.78 is 0. The van der Waals surface area contributed by atoms with Gasteiger partial charge in [-0.2, -0.15) is 0 Å². The molecule has 0 amide bonds. The summed E-state index contributed by atoms with van der Waals surface area (Å²) in [7, 11) is 0. The van der Waals surface area contributed by atoms with Gasteiger partial charge in [0.15, 0.2) is 0 Å². The highest BCUT2D eigenvalue weighted by Gasteiger charge is 2.41. The normalized spacial score (nSPS) is 28.3. The van der Waals surface area contributed by atoms with Crippen molar-refractivity contribution in [2.45, 2.75) is 45.1 Å². The molecule has 1 fully saturated rings. The summed E-state index contributed by atoms with van der Waals surface area (Å²) in [5.41, 5.74) is 0. The number of carbonyl (C=O) groups is 1. The molecule has 0 saturated heterocycles. The SMILES string of the molecule is CC[C@@H](C(=O)O)[C@H]1CCCC[C@H]1[N+](=O)[O-]. The van der Waals surface area contributed by atoms with E-state index in [1.54, 1.807) is 6.92 Å². The van der Waals surface area contributed by atoms with Crippen LogP contribution in [0.4, 0.5) is 0 Å². The van der Waals surface area contributed by atoms with Gasteiger partial charge in [0.25, 0.3) is 0 Å². The van der Waals surface area contributed by atoms with Gasteiger partial charge in [0.05, 0.1) is 5.92 Å². The predicted molar refractivity (Wildman–Crippen MR) is 54.2 cm³/mol. The summed E-state index contributed by atoms with van der Waals surface area (Å²) in [4.78, 5) is 21.5. The standard InChI is InChI=1S/C10H17NO4/c1-2-7(10(12)13)8-5-3-4-6-9(8)11(14)15/h7-9H,2-6H2,1H3,(H,12,13)/t7-,8-,9-/m1/s1. The molecule has 0 aromatic rings. The number of aliphatic carboxylic acids is 1. The Morgan fingerprint density at radius 1 is 1.53 bits per heavy atom. The van der Waals surface area contributed by atoms with E-state index in [4.69, 9.17) is 5.11 Å². The molecule has 0 aromatic carbocycles. The van der Waals surface area contributed by atoms with Crippen LogP contribution < -0.4 is 0 Å². The number of carboxylic acid groups (broad SMARTS) is 1. The van der Waals surface area contributed by atoms with E-state index in [-0.39, 0.29) is 10.8 Å². The molecule has 1 saturated carbocycles. The van der Waals surface area contributed by atoms with Crippen molar-refractivity contribution in [3.05, 3.63) is 10.1 Å². The average molecular weight is 215 g/mol. The van der Waals surface area contributed by atoms with Crippen molar-refractivity contribution in [1.82, 2.24) is 0 Å². The third-order valence-electron chi connectivity index (χ3n) is 3.33. The maximum Gasteiger partial charge on any atom is 0.307 e. The third kappa shape index (κ3) is 2.67. The Hall–Kier alpha value is -1.13. The smallest absolute Gasteiger partial charge is 0.307 e. The van der Waals surface area contributed by atoms with Gasteiger partial charge in [0.2, 0.25) is 6.04 Å². The van der Waals surface area contributed by atoms with Crippen LogP contribution in [0.25, 0.3) is 0 Å². The first-order valence-electron chi connectivity index (χ1n) is 5.44. The zero-order valence-electron chi connectivity index (χ0n) is 8.89. The molecule has 15 heavy (non-hydrogen) atoms. The molecule has 3 atom stereocenters. The monoisotopic (exact) mass is 215 g/mol. The van der Waals surface area contributed by atoms with Crippen molar-refractivity contribution in [2.75, 3.05) is 0 Å². The summed E-state index contributed by atoms with van der Waals surface area (Å²) in [6.45, 7) is 1.78. The molecule has 5 heteroatoms. The number of nitrogens with zero attached hydrogens (tertiary/aromatic N) is 1. The second kappa shape index (κ2) is 5.09. The minimum atomic E-state index is -0.892. The van der Waals surface area contributed by atoms with E-state index in [1.165, 1.54) is 0 Å². The molecule has 1 aliphatic carbocycles. The maximum absolute atomic E-state index is 11.0. The topological polar surface area (TPSA) is 80.4 Å². The van der Waals surface area contributed by atoms with E-state index in [1.807, 2.05) is 0 Å². The largest absolute Gasteiger partial charge is 0.481 e. The molecule has 0 radical (unpaired) electrons. The fourth-order valence-corrected chi connectivity index (χ4v) is 2.53. The van der Waals surface area contributed by atoms with Crippen LogP contribution in [0, 0.1) is 22.0 Å². The number of hydrogen-bond donors (Lipinski definition) is 1. The van der Waals surface area contributed by atoms with E-state index >= 15 is 0 Å². The molecule has 0 aliphatic heterocycles. The van der Waals surface area contributed by atoms with Gasteiger partial charge in [0, 0.05) is 17.3 Å². The van der Waals surface area contributed by atoms with Crippen molar-refractivity contribution in [1.29, 1.82) is 0 Å². The molecule has 1 N–H and O–H groups in total. The number of rotatable bonds is 4. The molecule has 0 aromatic heterocycles. The van der Waals surface area contributed by atoms with E-state index in [0.29, 0.717) is 19.3 Å². The minimum Gasteiger partial charge on any atom is -0.481 e. The Balaban J connectivity index is 2.78. The number of nitro groups is 1. The summed E-state index contributed by atoms with van der Waals surface area (Å²) in [5, 5.41) is 19.8. The van der Waals surface area contributed by atoms with Gasteiger partial charge < -0.3 is 5.11 Å². The second-order valence-corrected chi connectivity index (χ2v) is 4.15. The van der Waals surface area contributed by atoms with Crippen LogP contribution in [-0.4, -0.2) is 22.0 Å². The Bertz CT molecular complexity index is 238. The quantitative estimate of drug-likeness (QED) is 0.574. The molecule has 0 bridgehead atoms. The third-order valence-corrected chi connectivity index (χ3v) is 3.33. The van der Waals surface area contributed by atoms with Crippen LogP contribution in [0.5, 0.6) is 0 Å². The van der Waals surface area contributed by atoms with Gasteiger partial charge >= 0.3 is 5.97 Å². The average Bonchev–Trinajstić information content (AvgIpc) is 2.18. The first-order valence-corrected chi connectivity index (χ1v) is 5.44. The van der Waals surface area contributed by atoms with Gasteiger partial charge in [-0.25, -0.2) is 0 Å². The summed E-state index contributed by atoms with van der Waals surface area (Å²) in [6.07, 6.45) is 3.44. The number of carboxylic acids is 1. The molecular weight excluding hydrogens is 198 g/mol. The van der Waals surface area contributed by atoms with Crippen LogP contribution in [0.1, 0.15) is 39.0 Å². The summed E-state index contributed by atoms with van der Waals surface area (Å²) in [6, 6.07) is -0.653. The molecule has 0 spiro atoms. The molecular formula is C10H17NO4. The Kier molecular flexibility index (Phi) is 4.05. The second-order valence-electron chi connectivity index (χ2n) is 4.15. The fourth-order valence-electron chi connectivity index (χ4n) is 2.53. The zero-order chi connectivity index (χ0) is 11.4. The van der Waals surface area contributed by atoms with Crippen LogP contribution in [0.3, 0.4) is 0 Å². The molecule has 1 aliphatic rings. The van der Waals surface area contributed by atoms with Gasteiger partial charge in [-0.15, -0.1) is 0 Å². The van der Waals surface area contributed by atoms with Crippen LogP contribution in [0.2, 0.25) is 0 Å². The molecule has 0 heterocycles. The lowest BCUT2D eigenvalue weighted by molar-refractivity contribution is -0.537. The van der Waals surface area contributed by atoms with Crippen molar-refractivity contribution in [3.8, 4) is 0 Å². The lowest BCUT2D eigenvalue weighted by atomic mass is 9.75. The Morgan fingerprint density at radius 3 is 2.60 bits per heavy atom. The molecule has 86 valence electrons. The van der Waals surface area contributed by atoms with E-state index in [9.17, 15) is 14.9 Å². The van der Waals surface area contributed by atoms with Crippen molar-refractivity contribution >= 4 is 5.97 Å². The van der Waals surface area contributed by atoms with Crippen LogP contribution >= 0.6 is 0 Å². The Labute approximate surface area is 88.6 Å². The van der Waals surface area contributed by atoms with Gasteiger partial charge in [-0.3, -0.25) is 14.9 Å². The predicted octanol–water partition coefficient (Wildman–Crippen LogP) is 1.93. The van der Waals surface area contributed by atoms with Gasteiger partial charge in [0.1, 0.15) is 0 Å². The summed E-state index contributed by atoms with van der Waals surface area (Å²) >= 11 is 0. The maximum atomic E-state index is 11.0. The highest BCUT2D eigenvalue weighted by molar-refractivity contribution is 5.70. The first kappa shape index (κ1) is 11.9. The van der Waals surface area contributed by atoms with Crippen LogP contribution in [-0.2, 0) is 4.79 Å². The fraction of sp³-hybridized carbons (Fsp3) is 0.900. The first-order chi connectivity index (χ1) is 7.07. The van der Waals surface area contributed by atoms with Gasteiger partial charge in [-0.05, 0) is 19.3 Å². The van der Waals surface area contributed by atoms with Crippen LogP contribution in [0.15, 0.2) is 0 Å². The Morgan fingerprint density at radius 2 is 2.13 bits per heavy atom. The minimum absolute atomic E-state index is 0.281. The lowest BCUT2D eigenvalue weighted by Gasteiger charge is -2.29. The summed E-state index contributed by atoms with van der Waals surface area (Å²) in [5.74, 6) is -1.73. The van der Waals surface area contributed by atoms with E-state index < -0.39 is 17.9 Å². The van der Waals surface area contributed by atoms with Crippen molar-refractivity contribution < 1.29 is 14.8 Å². The van der Waals surface area contributed by atoms with Crippen molar-refractivity contribution in [3.63, 3.8) is 0 Å². The van der Waals surface area contributed by atoms with E-state index in [0.717, 1.165) is 12.8 Å².